The van der Waals surface area contributed by atoms with Crippen molar-refractivity contribution in [2.45, 2.75) is 36.5 Å². The highest BCUT2D eigenvalue weighted by Crippen LogP contribution is 2.27. The Labute approximate surface area is 246 Å². The van der Waals surface area contributed by atoms with Crippen LogP contribution in [0, 0.1) is 0 Å². The molecular weight excluding hydrogens is 625 g/mol. The van der Waals surface area contributed by atoms with Gasteiger partial charge in [-0.2, -0.15) is 17.5 Å². The van der Waals surface area contributed by atoms with Gasteiger partial charge in [-0.1, -0.05) is 23.7 Å². The van der Waals surface area contributed by atoms with Crippen molar-refractivity contribution in [2.75, 3.05) is 26.2 Å². The fourth-order valence-corrected chi connectivity index (χ4v) is 7.09. The number of aromatic nitrogens is 1. The number of piperazine rings is 1. The third kappa shape index (κ3) is 7.36. The molecule has 42 heavy (non-hydrogen) atoms. The topological polar surface area (TPSA) is 157 Å². The van der Waals surface area contributed by atoms with Crippen molar-refractivity contribution in [3.05, 3.63) is 57.0 Å². The molecule has 1 amide bonds. The van der Waals surface area contributed by atoms with E-state index in [0.717, 1.165) is 21.3 Å². The Morgan fingerprint density at radius 1 is 1.05 bits per heavy atom. The molecule has 1 saturated heterocycles. The molecule has 226 valence electrons. The summed E-state index contributed by atoms with van der Waals surface area (Å²) in [6.07, 6.45) is -4.61. The molecule has 0 bridgehead atoms. The Morgan fingerprint density at radius 3 is 2.29 bits per heavy atom. The Morgan fingerprint density at radius 2 is 1.67 bits per heavy atom. The van der Waals surface area contributed by atoms with E-state index in [2.05, 4.69) is 10.3 Å². The molecule has 17 heteroatoms. The van der Waals surface area contributed by atoms with E-state index in [-0.39, 0.29) is 49.4 Å². The van der Waals surface area contributed by atoms with Crippen LogP contribution in [-0.4, -0.2) is 89.1 Å². The number of carboxylic acids is 2. The van der Waals surface area contributed by atoms with Gasteiger partial charge in [0, 0.05) is 55.1 Å². The van der Waals surface area contributed by atoms with Crippen LogP contribution in [0.5, 0.6) is 0 Å². The van der Waals surface area contributed by atoms with Crippen molar-refractivity contribution in [3.8, 4) is 0 Å². The third-order valence-corrected chi connectivity index (χ3v) is 9.77. The normalized spacial score (nSPS) is 17.7. The highest BCUT2D eigenvalue weighted by molar-refractivity contribution is 7.89. The van der Waals surface area contributed by atoms with Crippen LogP contribution in [0.25, 0.3) is 10.8 Å². The lowest BCUT2D eigenvalue weighted by molar-refractivity contribution is -0.192. The zero-order valence-electron chi connectivity index (χ0n) is 21.6. The van der Waals surface area contributed by atoms with Crippen LogP contribution in [0.1, 0.15) is 26.8 Å². The van der Waals surface area contributed by atoms with Crippen LogP contribution < -0.4 is 5.32 Å². The van der Waals surface area contributed by atoms with Crippen LogP contribution in [-0.2, 0) is 32.6 Å². The largest absolute Gasteiger partial charge is 0.490 e. The van der Waals surface area contributed by atoms with Crippen molar-refractivity contribution in [1.82, 2.24) is 19.5 Å². The van der Waals surface area contributed by atoms with Gasteiger partial charge in [0.15, 0.2) is 5.01 Å². The highest BCUT2D eigenvalue weighted by atomic mass is 35.5. The van der Waals surface area contributed by atoms with Crippen molar-refractivity contribution in [1.29, 1.82) is 0 Å². The number of hydrogen-bond donors (Lipinski definition) is 3. The van der Waals surface area contributed by atoms with Gasteiger partial charge < -0.3 is 20.4 Å². The molecule has 0 spiro atoms. The maximum atomic E-state index is 13.2. The predicted molar refractivity (Wildman–Crippen MR) is 146 cm³/mol. The average Bonchev–Trinajstić information content (AvgIpc) is 3.35. The summed E-state index contributed by atoms with van der Waals surface area (Å²) in [5, 5.41) is 21.9. The van der Waals surface area contributed by atoms with E-state index in [1.165, 1.54) is 15.6 Å². The summed E-state index contributed by atoms with van der Waals surface area (Å²) < 4.78 is 59.6. The van der Waals surface area contributed by atoms with E-state index >= 15 is 0 Å². The Balaban J connectivity index is 0.000000517. The number of alkyl halides is 3. The van der Waals surface area contributed by atoms with E-state index in [1.54, 1.807) is 41.3 Å². The minimum absolute atomic E-state index is 0.00162. The fourth-order valence-electron chi connectivity index (χ4n) is 4.44. The summed E-state index contributed by atoms with van der Waals surface area (Å²) in [7, 11) is -3.70. The molecule has 3 N–H and O–H groups in total. The van der Waals surface area contributed by atoms with Crippen LogP contribution >= 0.6 is 22.9 Å². The molecule has 2 aliphatic heterocycles. The summed E-state index contributed by atoms with van der Waals surface area (Å²) in [5.74, 6) is -3.86. The lowest BCUT2D eigenvalue weighted by Crippen LogP contribution is -2.50. The molecule has 0 radical (unpaired) electrons. The first kappa shape index (κ1) is 31.6. The molecule has 1 fully saturated rings. The van der Waals surface area contributed by atoms with Gasteiger partial charge in [0.05, 0.1) is 17.0 Å². The van der Waals surface area contributed by atoms with Crippen LogP contribution in [0.15, 0.2) is 41.3 Å². The van der Waals surface area contributed by atoms with E-state index in [0.29, 0.717) is 23.0 Å². The predicted octanol–water partition coefficient (Wildman–Crippen LogP) is 3.22. The van der Waals surface area contributed by atoms with Gasteiger partial charge in [-0.25, -0.2) is 18.2 Å². The molecule has 0 aliphatic carbocycles. The van der Waals surface area contributed by atoms with Crippen molar-refractivity contribution in [2.24, 2.45) is 0 Å². The number of thiazole rings is 1. The quantitative estimate of drug-likeness (QED) is 0.378. The Kier molecular flexibility index (Phi) is 9.42. The smallest absolute Gasteiger partial charge is 0.481 e. The summed E-state index contributed by atoms with van der Waals surface area (Å²) in [4.78, 5) is 40.2. The molecule has 1 unspecified atom stereocenters. The SMILES string of the molecule is O=C(O)C(F)(F)F.O=C(O)CC1Cc2nc(C(=O)N3CCN(S(=O)(=O)c4ccc5cc(Cl)ccc5c4)CC3)sc2CN1. The molecule has 11 nitrogen and oxygen atoms in total. The monoisotopic (exact) mass is 648 g/mol. The third-order valence-electron chi connectivity index (χ3n) is 6.55. The zero-order chi connectivity index (χ0) is 30.8. The number of amides is 1. The van der Waals surface area contributed by atoms with E-state index in [9.17, 15) is 31.2 Å². The van der Waals surface area contributed by atoms with Gasteiger partial charge in [-0.05, 0) is 35.0 Å². The molecule has 2 aromatic carbocycles. The average molecular weight is 649 g/mol. The van der Waals surface area contributed by atoms with Crippen molar-refractivity contribution >= 4 is 61.6 Å². The van der Waals surface area contributed by atoms with Crippen LogP contribution in [0.4, 0.5) is 13.2 Å². The first-order chi connectivity index (χ1) is 19.6. The number of fused-ring (bicyclic) bond motifs is 2. The van der Waals surface area contributed by atoms with Crippen LogP contribution in [0.2, 0.25) is 5.02 Å². The number of aliphatic carboxylic acids is 2. The first-order valence-electron chi connectivity index (χ1n) is 12.4. The van der Waals surface area contributed by atoms with Gasteiger partial charge >= 0.3 is 18.1 Å². The van der Waals surface area contributed by atoms with Gasteiger partial charge in [0.1, 0.15) is 0 Å². The van der Waals surface area contributed by atoms with Crippen LogP contribution in [0.3, 0.4) is 0 Å². The lowest BCUT2D eigenvalue weighted by Gasteiger charge is -2.33. The molecular formula is C25H24ClF3N4O7S2. The van der Waals surface area contributed by atoms with Gasteiger partial charge in [-0.3, -0.25) is 9.59 Å². The van der Waals surface area contributed by atoms with Crippen molar-refractivity contribution < 1.29 is 46.2 Å². The second kappa shape index (κ2) is 12.5. The van der Waals surface area contributed by atoms with Gasteiger partial charge in [-0.15, -0.1) is 11.3 Å². The summed E-state index contributed by atoms with van der Waals surface area (Å²) >= 11 is 7.33. The molecule has 0 saturated carbocycles. The number of nitrogens with one attached hydrogen (secondary N) is 1. The molecule has 1 aromatic heterocycles. The van der Waals surface area contributed by atoms with Gasteiger partial charge in [0.25, 0.3) is 5.91 Å². The van der Waals surface area contributed by atoms with E-state index in [4.69, 9.17) is 26.6 Å². The molecule has 2 aliphatic rings. The van der Waals surface area contributed by atoms with Crippen molar-refractivity contribution in [3.63, 3.8) is 0 Å². The molecule has 1 atom stereocenters. The number of benzene rings is 2. The number of hydrogen-bond acceptors (Lipinski definition) is 8. The molecule has 3 aromatic rings. The molecule has 3 heterocycles. The second-order valence-electron chi connectivity index (χ2n) is 9.42. The number of carboxylic acid groups (broad SMARTS) is 2. The Hall–Kier alpha value is -3.31. The maximum absolute atomic E-state index is 13.2. The number of sulfonamides is 1. The summed E-state index contributed by atoms with van der Waals surface area (Å²) in [5.41, 5.74) is 0.766. The zero-order valence-corrected chi connectivity index (χ0v) is 24.0. The molecule has 5 rings (SSSR count). The van der Waals surface area contributed by atoms with E-state index < -0.39 is 28.1 Å². The summed E-state index contributed by atoms with van der Waals surface area (Å²) in [6.45, 7) is 1.42. The number of carbonyl (C=O) groups excluding carboxylic acids is 1. The number of nitrogens with zero attached hydrogens (tertiary/aromatic N) is 3. The van der Waals surface area contributed by atoms with Gasteiger partial charge in [0.2, 0.25) is 10.0 Å². The highest BCUT2D eigenvalue weighted by Gasteiger charge is 2.38. The number of halogens is 4. The summed E-state index contributed by atoms with van der Waals surface area (Å²) in [6, 6.07) is 10.1. The number of carbonyl (C=O) groups is 3. The Bertz CT molecular complexity index is 1620. The standard InChI is InChI=1S/C23H23ClN4O5S2.C2HF3O2/c24-16-3-1-15-10-18(4-2-14(15)9-16)35(32,33)28-7-5-27(6-8-28)23(31)22-26-19-11-17(12-21(29)30)25-13-20(19)34-22;3-2(4,5)1(6)7/h1-4,9-10,17,25H,5-8,11-13H2,(H,29,30);(H,6,7). The first-order valence-corrected chi connectivity index (χ1v) is 15.0. The number of rotatable bonds is 5. The minimum Gasteiger partial charge on any atom is -0.481 e. The maximum Gasteiger partial charge on any atom is 0.490 e. The minimum atomic E-state index is -5.08. The lowest BCUT2D eigenvalue weighted by atomic mass is 10.0. The second-order valence-corrected chi connectivity index (χ2v) is 12.9. The van der Waals surface area contributed by atoms with E-state index in [1.807, 2.05) is 0 Å². The fraction of sp³-hybridized carbons (Fsp3) is 0.360.